The van der Waals surface area contributed by atoms with Crippen molar-refractivity contribution in [1.82, 2.24) is 4.72 Å². The second-order valence-electron chi connectivity index (χ2n) is 6.57. The van der Waals surface area contributed by atoms with Crippen LogP contribution in [0.1, 0.15) is 24.0 Å². The van der Waals surface area contributed by atoms with E-state index < -0.39 is 10.0 Å². The molecule has 27 heavy (non-hydrogen) atoms. The highest BCUT2D eigenvalue weighted by Gasteiger charge is 2.28. The quantitative estimate of drug-likeness (QED) is 0.735. The third kappa shape index (κ3) is 5.00. The van der Waals surface area contributed by atoms with Crippen LogP contribution in [-0.4, -0.2) is 27.0 Å². The number of amides is 1. The summed E-state index contributed by atoms with van der Waals surface area (Å²) < 4.78 is 32.7. The zero-order valence-electron chi connectivity index (χ0n) is 15.1. The third-order valence-corrected chi connectivity index (χ3v) is 6.18. The summed E-state index contributed by atoms with van der Waals surface area (Å²) >= 11 is 6.04. The Morgan fingerprint density at radius 3 is 2.63 bits per heavy atom. The van der Waals surface area contributed by atoms with Gasteiger partial charge in [-0.2, -0.15) is 0 Å². The van der Waals surface area contributed by atoms with Gasteiger partial charge in [0.05, 0.1) is 4.90 Å². The normalized spacial score (nSPS) is 14.0. The van der Waals surface area contributed by atoms with Crippen molar-refractivity contribution in [1.29, 1.82) is 0 Å². The summed E-state index contributed by atoms with van der Waals surface area (Å²) in [7, 11) is -3.51. The van der Waals surface area contributed by atoms with Gasteiger partial charge in [0, 0.05) is 16.8 Å². The first-order chi connectivity index (χ1) is 12.8. The first-order valence-electron chi connectivity index (χ1n) is 8.57. The summed E-state index contributed by atoms with van der Waals surface area (Å²) in [5.41, 5.74) is 2.04. The van der Waals surface area contributed by atoms with E-state index in [1.165, 1.54) is 6.07 Å². The van der Waals surface area contributed by atoms with Crippen LogP contribution in [0.25, 0.3) is 0 Å². The Morgan fingerprint density at radius 2 is 1.96 bits per heavy atom. The van der Waals surface area contributed by atoms with E-state index in [1.54, 1.807) is 37.3 Å². The fraction of sp³-hybridized carbons (Fsp3) is 0.316. The minimum atomic E-state index is -3.51. The topological polar surface area (TPSA) is 84.5 Å². The first-order valence-corrected chi connectivity index (χ1v) is 10.4. The van der Waals surface area contributed by atoms with Crippen LogP contribution < -0.4 is 14.8 Å². The zero-order chi connectivity index (χ0) is 19.6. The third-order valence-electron chi connectivity index (χ3n) is 4.26. The molecule has 2 aromatic carbocycles. The van der Waals surface area contributed by atoms with E-state index in [1.807, 2.05) is 6.92 Å². The van der Waals surface area contributed by atoms with Crippen LogP contribution in [-0.2, 0) is 14.8 Å². The predicted octanol–water partition coefficient (Wildman–Crippen LogP) is 3.42. The van der Waals surface area contributed by atoms with Crippen molar-refractivity contribution in [2.75, 3.05) is 11.9 Å². The van der Waals surface area contributed by atoms with E-state index in [2.05, 4.69) is 10.0 Å². The number of anilines is 1. The number of nitrogens with one attached hydrogen (secondary N) is 2. The van der Waals surface area contributed by atoms with Crippen LogP contribution in [0.4, 0.5) is 5.69 Å². The van der Waals surface area contributed by atoms with Gasteiger partial charge in [-0.15, -0.1) is 0 Å². The van der Waals surface area contributed by atoms with Gasteiger partial charge in [-0.05, 0) is 68.1 Å². The number of carbonyl (C=O) groups is 1. The van der Waals surface area contributed by atoms with Crippen LogP contribution in [0.15, 0.2) is 41.3 Å². The molecule has 0 radical (unpaired) electrons. The molecule has 0 atom stereocenters. The van der Waals surface area contributed by atoms with E-state index in [0.29, 0.717) is 22.0 Å². The number of rotatable bonds is 7. The van der Waals surface area contributed by atoms with Crippen LogP contribution in [0.3, 0.4) is 0 Å². The average molecular weight is 409 g/mol. The van der Waals surface area contributed by atoms with E-state index in [4.69, 9.17) is 16.3 Å². The Morgan fingerprint density at radius 1 is 1.22 bits per heavy atom. The standard InChI is InChI=1S/C19H21ClN2O4S/c1-12-10-15(27(24,25)22-14-6-7-14)8-9-18(12)26-11-19(23)21-17-5-3-4-16(20)13(17)2/h3-5,8-10,14,22H,6-7,11H2,1-2H3,(H,21,23). The Labute approximate surface area is 163 Å². The van der Waals surface area contributed by atoms with Gasteiger partial charge in [-0.3, -0.25) is 4.79 Å². The molecular formula is C19H21ClN2O4S. The molecule has 1 fully saturated rings. The highest BCUT2D eigenvalue weighted by Crippen LogP contribution is 2.26. The lowest BCUT2D eigenvalue weighted by Crippen LogP contribution is -2.25. The summed E-state index contributed by atoms with van der Waals surface area (Å²) in [6, 6.07) is 9.90. The molecule has 0 aromatic heterocycles. The van der Waals surface area contributed by atoms with Gasteiger partial charge < -0.3 is 10.1 Å². The van der Waals surface area contributed by atoms with Crippen molar-refractivity contribution >= 4 is 33.2 Å². The van der Waals surface area contributed by atoms with E-state index >= 15 is 0 Å². The minimum Gasteiger partial charge on any atom is -0.483 e. The number of carbonyl (C=O) groups excluding carboxylic acids is 1. The predicted molar refractivity (Wildman–Crippen MR) is 105 cm³/mol. The Kier molecular flexibility index (Phi) is 5.74. The van der Waals surface area contributed by atoms with Gasteiger partial charge >= 0.3 is 0 Å². The number of ether oxygens (including phenoxy) is 1. The summed E-state index contributed by atoms with van der Waals surface area (Å²) in [4.78, 5) is 12.3. The lowest BCUT2D eigenvalue weighted by molar-refractivity contribution is -0.118. The molecule has 0 aliphatic heterocycles. The van der Waals surface area contributed by atoms with Crippen molar-refractivity contribution < 1.29 is 17.9 Å². The molecule has 2 N–H and O–H groups in total. The molecule has 1 amide bonds. The van der Waals surface area contributed by atoms with Crippen molar-refractivity contribution in [2.45, 2.75) is 37.6 Å². The largest absolute Gasteiger partial charge is 0.483 e. The molecule has 8 heteroatoms. The number of aryl methyl sites for hydroxylation is 1. The van der Waals surface area contributed by atoms with Crippen molar-refractivity contribution in [3.63, 3.8) is 0 Å². The molecule has 6 nitrogen and oxygen atoms in total. The molecule has 0 unspecified atom stereocenters. The molecule has 1 aliphatic rings. The summed E-state index contributed by atoms with van der Waals surface area (Å²) in [6.07, 6.45) is 1.75. The van der Waals surface area contributed by atoms with Crippen molar-refractivity contribution in [3.05, 3.63) is 52.5 Å². The maximum Gasteiger partial charge on any atom is 0.262 e. The molecule has 1 saturated carbocycles. The Balaban J connectivity index is 1.62. The average Bonchev–Trinajstić information content (AvgIpc) is 3.41. The summed E-state index contributed by atoms with van der Waals surface area (Å²) in [5.74, 6) is 0.130. The molecule has 0 bridgehead atoms. The molecule has 0 saturated heterocycles. The van der Waals surface area contributed by atoms with Gasteiger partial charge in [-0.1, -0.05) is 17.7 Å². The fourth-order valence-electron chi connectivity index (χ4n) is 2.51. The van der Waals surface area contributed by atoms with Crippen molar-refractivity contribution in [3.8, 4) is 5.75 Å². The fourth-order valence-corrected chi connectivity index (χ4v) is 4.08. The van der Waals surface area contributed by atoms with Crippen LogP contribution in [0.5, 0.6) is 5.75 Å². The maximum absolute atomic E-state index is 12.2. The number of benzene rings is 2. The second kappa shape index (κ2) is 7.88. The molecule has 1 aliphatic carbocycles. The Bertz CT molecular complexity index is 972. The number of sulfonamides is 1. The zero-order valence-corrected chi connectivity index (χ0v) is 16.7. The highest BCUT2D eigenvalue weighted by molar-refractivity contribution is 7.89. The smallest absolute Gasteiger partial charge is 0.262 e. The minimum absolute atomic E-state index is 0.0462. The summed E-state index contributed by atoms with van der Waals surface area (Å²) in [6.45, 7) is 3.36. The summed E-state index contributed by atoms with van der Waals surface area (Å²) in [5, 5.41) is 3.32. The highest BCUT2D eigenvalue weighted by atomic mass is 35.5. The van der Waals surface area contributed by atoms with E-state index in [0.717, 1.165) is 18.4 Å². The molecule has 144 valence electrons. The van der Waals surface area contributed by atoms with Crippen LogP contribution in [0.2, 0.25) is 5.02 Å². The number of hydrogen-bond acceptors (Lipinski definition) is 4. The second-order valence-corrected chi connectivity index (χ2v) is 8.69. The van der Waals surface area contributed by atoms with E-state index in [9.17, 15) is 13.2 Å². The SMILES string of the molecule is Cc1cc(S(=O)(=O)NC2CC2)ccc1OCC(=O)Nc1cccc(Cl)c1C. The lowest BCUT2D eigenvalue weighted by Gasteiger charge is -2.13. The van der Waals surface area contributed by atoms with Gasteiger partial charge in [0.15, 0.2) is 6.61 Å². The lowest BCUT2D eigenvalue weighted by atomic mass is 10.2. The maximum atomic E-state index is 12.2. The van der Waals surface area contributed by atoms with Gasteiger partial charge in [0.2, 0.25) is 10.0 Å². The molecule has 0 heterocycles. The monoisotopic (exact) mass is 408 g/mol. The van der Waals surface area contributed by atoms with Crippen LogP contribution in [0, 0.1) is 13.8 Å². The van der Waals surface area contributed by atoms with Gasteiger partial charge in [0.1, 0.15) is 5.75 Å². The van der Waals surface area contributed by atoms with Gasteiger partial charge in [0.25, 0.3) is 5.91 Å². The number of hydrogen-bond donors (Lipinski definition) is 2. The molecule has 2 aromatic rings. The Hall–Kier alpha value is -2.09. The van der Waals surface area contributed by atoms with Gasteiger partial charge in [-0.25, -0.2) is 13.1 Å². The molecule has 0 spiro atoms. The number of halogens is 1. The van der Waals surface area contributed by atoms with Crippen molar-refractivity contribution in [2.24, 2.45) is 0 Å². The first kappa shape index (κ1) is 19.7. The van der Waals surface area contributed by atoms with E-state index in [-0.39, 0.29) is 23.5 Å². The molecular weight excluding hydrogens is 388 g/mol. The van der Waals surface area contributed by atoms with Crippen LogP contribution >= 0.6 is 11.6 Å². The molecule has 3 rings (SSSR count).